The van der Waals surface area contributed by atoms with E-state index in [-0.39, 0.29) is 5.91 Å². The standard InChI is InChI=1S/C21H30N4O/c1-4-14-25-19-11-10-17(22-13-12-16-8-6-5-7-9-16)15-18(19)20(23-25)21(26)24(2)3/h5-9,17,22H,4,10-15H2,1-3H3/t17-/m1/s1. The van der Waals surface area contributed by atoms with E-state index in [4.69, 9.17) is 0 Å². The maximum absolute atomic E-state index is 12.6. The minimum absolute atomic E-state index is 0.0149. The summed E-state index contributed by atoms with van der Waals surface area (Å²) >= 11 is 0. The predicted octanol–water partition coefficient (Wildman–Crippen LogP) is 2.68. The Morgan fingerprint density at radius 3 is 2.77 bits per heavy atom. The van der Waals surface area contributed by atoms with Crippen LogP contribution in [0.1, 0.15) is 47.1 Å². The smallest absolute Gasteiger partial charge is 0.274 e. The quantitative estimate of drug-likeness (QED) is 0.832. The molecule has 3 rings (SSSR count). The number of nitrogens with one attached hydrogen (secondary N) is 1. The Morgan fingerprint density at radius 2 is 2.08 bits per heavy atom. The van der Waals surface area contributed by atoms with Crippen LogP contribution in [0.15, 0.2) is 30.3 Å². The third kappa shape index (κ3) is 4.15. The Bertz CT molecular complexity index is 736. The van der Waals surface area contributed by atoms with Gasteiger partial charge in [0.05, 0.1) is 0 Å². The van der Waals surface area contributed by atoms with E-state index in [0.29, 0.717) is 11.7 Å². The molecule has 1 heterocycles. The number of aryl methyl sites for hydroxylation is 1. The summed E-state index contributed by atoms with van der Waals surface area (Å²) in [4.78, 5) is 14.2. The van der Waals surface area contributed by atoms with E-state index >= 15 is 0 Å². The molecule has 1 N–H and O–H groups in total. The molecule has 0 saturated carbocycles. The van der Waals surface area contributed by atoms with Crippen LogP contribution in [0.5, 0.6) is 0 Å². The number of aromatic nitrogens is 2. The van der Waals surface area contributed by atoms with E-state index in [2.05, 4.69) is 52.4 Å². The highest BCUT2D eigenvalue weighted by atomic mass is 16.2. The van der Waals surface area contributed by atoms with Gasteiger partial charge in [0.2, 0.25) is 0 Å². The summed E-state index contributed by atoms with van der Waals surface area (Å²) in [5.41, 5.74) is 4.42. The highest BCUT2D eigenvalue weighted by Gasteiger charge is 2.29. The molecule has 0 unspecified atom stereocenters. The van der Waals surface area contributed by atoms with Gasteiger partial charge in [0.15, 0.2) is 5.69 Å². The van der Waals surface area contributed by atoms with Gasteiger partial charge in [-0.05, 0) is 44.2 Å². The molecule has 5 nitrogen and oxygen atoms in total. The Balaban J connectivity index is 1.69. The van der Waals surface area contributed by atoms with Crippen LogP contribution < -0.4 is 5.32 Å². The van der Waals surface area contributed by atoms with E-state index in [9.17, 15) is 4.79 Å². The van der Waals surface area contributed by atoms with Crippen LogP contribution in [0, 0.1) is 0 Å². The molecule has 1 atom stereocenters. The zero-order chi connectivity index (χ0) is 18.5. The lowest BCUT2D eigenvalue weighted by Gasteiger charge is -2.25. The second-order valence-electron chi connectivity index (χ2n) is 7.33. The SMILES string of the molecule is CCCn1nc(C(=O)N(C)C)c2c1CC[C@@H](NCCc1ccccc1)C2. The van der Waals surface area contributed by atoms with E-state index in [0.717, 1.165) is 50.8 Å². The molecule has 0 aliphatic heterocycles. The van der Waals surface area contributed by atoms with Crippen molar-refractivity contribution in [2.24, 2.45) is 0 Å². The molecule has 2 aromatic rings. The molecule has 0 bridgehead atoms. The van der Waals surface area contributed by atoms with Crippen LogP contribution >= 0.6 is 0 Å². The van der Waals surface area contributed by atoms with Gasteiger partial charge in [0, 0.05) is 37.9 Å². The van der Waals surface area contributed by atoms with Crippen molar-refractivity contribution in [3.63, 3.8) is 0 Å². The first-order chi connectivity index (χ1) is 12.6. The third-order valence-electron chi connectivity index (χ3n) is 5.08. The summed E-state index contributed by atoms with van der Waals surface area (Å²) in [6, 6.07) is 11.0. The van der Waals surface area contributed by atoms with Crippen molar-refractivity contribution in [1.29, 1.82) is 0 Å². The summed E-state index contributed by atoms with van der Waals surface area (Å²) in [6.07, 6.45) is 5.05. The predicted molar refractivity (Wildman–Crippen MR) is 104 cm³/mol. The zero-order valence-electron chi connectivity index (χ0n) is 16.2. The Labute approximate surface area is 156 Å². The minimum Gasteiger partial charge on any atom is -0.343 e. The van der Waals surface area contributed by atoms with Crippen molar-refractivity contribution in [2.45, 2.75) is 51.6 Å². The van der Waals surface area contributed by atoms with Crippen molar-refractivity contribution < 1.29 is 4.79 Å². The number of amides is 1. The van der Waals surface area contributed by atoms with Crippen molar-refractivity contribution in [3.8, 4) is 0 Å². The summed E-state index contributed by atoms with van der Waals surface area (Å²) < 4.78 is 2.06. The molecule has 0 fully saturated rings. The van der Waals surface area contributed by atoms with Crippen LogP contribution in [-0.2, 0) is 25.8 Å². The molecular formula is C21H30N4O. The molecule has 0 spiro atoms. The van der Waals surface area contributed by atoms with E-state index in [1.54, 1.807) is 19.0 Å². The number of hydrogen-bond acceptors (Lipinski definition) is 3. The number of carbonyl (C=O) groups excluding carboxylic acids is 1. The second kappa shape index (κ2) is 8.49. The van der Waals surface area contributed by atoms with Crippen molar-refractivity contribution in [3.05, 3.63) is 52.8 Å². The first-order valence-corrected chi connectivity index (χ1v) is 9.67. The number of rotatable bonds is 7. The fourth-order valence-electron chi connectivity index (χ4n) is 3.71. The van der Waals surface area contributed by atoms with Crippen LogP contribution in [0.3, 0.4) is 0 Å². The maximum Gasteiger partial charge on any atom is 0.274 e. The van der Waals surface area contributed by atoms with E-state index in [1.165, 1.54) is 11.3 Å². The number of benzene rings is 1. The molecule has 0 saturated heterocycles. The van der Waals surface area contributed by atoms with E-state index < -0.39 is 0 Å². The van der Waals surface area contributed by atoms with Crippen molar-refractivity contribution in [1.82, 2.24) is 20.0 Å². The molecule has 1 amide bonds. The van der Waals surface area contributed by atoms with Gasteiger partial charge in [-0.2, -0.15) is 5.10 Å². The molecule has 1 aliphatic rings. The molecule has 1 aromatic carbocycles. The largest absolute Gasteiger partial charge is 0.343 e. The van der Waals surface area contributed by atoms with Gasteiger partial charge in [0.25, 0.3) is 5.91 Å². The summed E-state index contributed by atoms with van der Waals surface area (Å²) in [7, 11) is 3.60. The highest BCUT2D eigenvalue weighted by Crippen LogP contribution is 2.26. The number of nitrogens with zero attached hydrogens (tertiary/aromatic N) is 3. The van der Waals surface area contributed by atoms with Crippen molar-refractivity contribution in [2.75, 3.05) is 20.6 Å². The lowest BCUT2D eigenvalue weighted by Crippen LogP contribution is -2.36. The maximum atomic E-state index is 12.6. The van der Waals surface area contributed by atoms with Crippen LogP contribution in [0.2, 0.25) is 0 Å². The number of hydrogen-bond donors (Lipinski definition) is 1. The molecular weight excluding hydrogens is 324 g/mol. The fraction of sp³-hybridized carbons (Fsp3) is 0.524. The fourth-order valence-corrected chi connectivity index (χ4v) is 3.71. The van der Waals surface area contributed by atoms with Gasteiger partial charge in [-0.1, -0.05) is 37.3 Å². The number of carbonyl (C=O) groups is 1. The topological polar surface area (TPSA) is 50.2 Å². The molecule has 0 radical (unpaired) electrons. The van der Waals surface area contributed by atoms with E-state index in [1.807, 2.05) is 0 Å². The first-order valence-electron chi connectivity index (χ1n) is 9.67. The molecule has 1 aromatic heterocycles. The molecule has 26 heavy (non-hydrogen) atoms. The lowest BCUT2D eigenvalue weighted by atomic mass is 9.91. The lowest BCUT2D eigenvalue weighted by molar-refractivity contribution is 0.0819. The monoisotopic (exact) mass is 354 g/mol. The average Bonchev–Trinajstić information content (AvgIpc) is 3.00. The Morgan fingerprint density at radius 1 is 1.31 bits per heavy atom. The van der Waals surface area contributed by atoms with Crippen LogP contribution in [-0.4, -0.2) is 47.3 Å². The van der Waals surface area contributed by atoms with Gasteiger partial charge < -0.3 is 10.2 Å². The van der Waals surface area contributed by atoms with Gasteiger partial charge in [-0.25, -0.2) is 0 Å². The summed E-state index contributed by atoms with van der Waals surface area (Å²) in [5.74, 6) is 0.0149. The second-order valence-corrected chi connectivity index (χ2v) is 7.33. The van der Waals surface area contributed by atoms with Gasteiger partial charge in [0.1, 0.15) is 0 Å². The highest BCUT2D eigenvalue weighted by molar-refractivity contribution is 5.93. The van der Waals surface area contributed by atoms with Gasteiger partial charge in [-0.15, -0.1) is 0 Å². The zero-order valence-corrected chi connectivity index (χ0v) is 16.2. The van der Waals surface area contributed by atoms with Crippen LogP contribution in [0.4, 0.5) is 0 Å². The summed E-state index contributed by atoms with van der Waals surface area (Å²) in [6.45, 7) is 4.00. The Hall–Kier alpha value is -2.14. The molecule has 5 heteroatoms. The Kier molecular flexibility index (Phi) is 6.09. The minimum atomic E-state index is 0.0149. The van der Waals surface area contributed by atoms with Crippen LogP contribution in [0.25, 0.3) is 0 Å². The summed E-state index contributed by atoms with van der Waals surface area (Å²) in [5, 5.41) is 8.35. The van der Waals surface area contributed by atoms with Gasteiger partial charge >= 0.3 is 0 Å². The molecule has 1 aliphatic carbocycles. The first kappa shape index (κ1) is 18.6. The molecule has 140 valence electrons. The normalized spacial score (nSPS) is 16.3. The average molecular weight is 354 g/mol. The van der Waals surface area contributed by atoms with Gasteiger partial charge in [-0.3, -0.25) is 9.48 Å². The number of fused-ring (bicyclic) bond motifs is 1. The third-order valence-corrected chi connectivity index (χ3v) is 5.08. The van der Waals surface area contributed by atoms with Crippen molar-refractivity contribution >= 4 is 5.91 Å².